The minimum Gasteiger partial charge on any atom is -0.383 e. The van der Waals surface area contributed by atoms with Crippen molar-refractivity contribution in [3.63, 3.8) is 0 Å². The topological polar surface area (TPSA) is 79.2 Å². The zero-order chi connectivity index (χ0) is 16.3. The van der Waals surface area contributed by atoms with Crippen molar-refractivity contribution in [1.82, 2.24) is 20.4 Å². The van der Waals surface area contributed by atoms with Crippen LogP contribution in [-0.4, -0.2) is 33.5 Å². The summed E-state index contributed by atoms with van der Waals surface area (Å²) in [5, 5.41) is 20.4. The van der Waals surface area contributed by atoms with Gasteiger partial charge in [-0.15, -0.1) is 0 Å². The zero-order valence-electron chi connectivity index (χ0n) is 14.0. The maximum atomic E-state index is 12.1. The minimum absolute atomic E-state index is 0.153. The zero-order valence-corrected chi connectivity index (χ0v) is 14.0. The van der Waals surface area contributed by atoms with E-state index in [0.717, 1.165) is 12.8 Å². The summed E-state index contributed by atoms with van der Waals surface area (Å²) < 4.78 is 1.63. The number of aryl methyl sites for hydroxylation is 1. The van der Waals surface area contributed by atoms with Crippen LogP contribution in [0.15, 0.2) is 12.4 Å². The van der Waals surface area contributed by atoms with E-state index in [1.165, 1.54) is 6.42 Å². The van der Waals surface area contributed by atoms with Gasteiger partial charge in [-0.05, 0) is 31.6 Å². The molecule has 1 aliphatic carbocycles. The molecule has 1 aliphatic rings. The van der Waals surface area contributed by atoms with E-state index in [1.54, 1.807) is 31.0 Å². The second-order valence-corrected chi connectivity index (χ2v) is 6.91. The van der Waals surface area contributed by atoms with Gasteiger partial charge in [-0.25, -0.2) is 4.79 Å². The predicted molar refractivity (Wildman–Crippen MR) is 85.3 cm³/mol. The number of rotatable bonds is 4. The molecular weight excluding hydrogens is 280 g/mol. The largest absolute Gasteiger partial charge is 0.383 e. The van der Waals surface area contributed by atoms with Crippen molar-refractivity contribution >= 4 is 6.03 Å². The predicted octanol–water partition coefficient (Wildman–Crippen LogP) is 1.75. The standard InChI is InChI=1S/C16H28N4O2/c1-11-6-5-7-12(2)14(11)19-15(21)17-10-16(3,22)13-8-18-20(4)9-13/h8-9,11-12,14,22H,5-7,10H2,1-4H3,(H2,17,19,21)/t11-,12+,14?,16-/m1/s1. The fourth-order valence-electron chi connectivity index (χ4n) is 3.22. The molecule has 4 atom stereocenters. The molecule has 2 amide bonds. The molecule has 3 N–H and O–H groups in total. The van der Waals surface area contributed by atoms with E-state index in [4.69, 9.17) is 0 Å². The van der Waals surface area contributed by atoms with Crippen LogP contribution in [0.4, 0.5) is 4.79 Å². The quantitative estimate of drug-likeness (QED) is 0.793. The second kappa shape index (κ2) is 6.69. The van der Waals surface area contributed by atoms with Crippen molar-refractivity contribution < 1.29 is 9.90 Å². The molecule has 1 saturated carbocycles. The van der Waals surface area contributed by atoms with Crippen LogP contribution < -0.4 is 10.6 Å². The summed E-state index contributed by atoms with van der Waals surface area (Å²) in [5.41, 5.74) is -0.440. The third-order valence-electron chi connectivity index (χ3n) is 4.76. The number of aliphatic hydroxyl groups is 1. The lowest BCUT2D eigenvalue weighted by Gasteiger charge is -2.35. The van der Waals surface area contributed by atoms with Crippen LogP contribution in [0.3, 0.4) is 0 Å². The Morgan fingerprint density at radius 3 is 2.64 bits per heavy atom. The van der Waals surface area contributed by atoms with E-state index in [9.17, 15) is 9.90 Å². The van der Waals surface area contributed by atoms with E-state index in [-0.39, 0.29) is 18.6 Å². The van der Waals surface area contributed by atoms with E-state index < -0.39 is 5.60 Å². The van der Waals surface area contributed by atoms with Gasteiger partial charge in [0, 0.05) is 24.8 Å². The third kappa shape index (κ3) is 4.00. The first-order valence-corrected chi connectivity index (χ1v) is 8.05. The minimum atomic E-state index is -1.13. The maximum Gasteiger partial charge on any atom is 0.315 e. The summed E-state index contributed by atoms with van der Waals surface area (Å²) in [6, 6.07) is -0.00754. The molecule has 1 fully saturated rings. The Labute approximate surface area is 132 Å². The first-order valence-electron chi connectivity index (χ1n) is 8.05. The van der Waals surface area contributed by atoms with Crippen molar-refractivity contribution in [2.24, 2.45) is 18.9 Å². The lowest BCUT2D eigenvalue weighted by Crippen LogP contribution is -2.51. The van der Waals surface area contributed by atoms with Gasteiger partial charge in [-0.2, -0.15) is 5.10 Å². The third-order valence-corrected chi connectivity index (χ3v) is 4.76. The molecule has 2 rings (SSSR count). The first kappa shape index (κ1) is 16.8. The number of urea groups is 1. The van der Waals surface area contributed by atoms with Crippen molar-refractivity contribution in [2.75, 3.05) is 6.54 Å². The molecule has 1 unspecified atom stereocenters. The maximum absolute atomic E-state index is 12.1. The van der Waals surface area contributed by atoms with Crippen LogP contribution in [0.5, 0.6) is 0 Å². The van der Waals surface area contributed by atoms with Crippen molar-refractivity contribution in [1.29, 1.82) is 0 Å². The van der Waals surface area contributed by atoms with Crippen LogP contribution in [0.1, 0.15) is 45.6 Å². The smallest absolute Gasteiger partial charge is 0.315 e. The van der Waals surface area contributed by atoms with E-state index in [1.807, 2.05) is 0 Å². The molecule has 124 valence electrons. The molecule has 1 heterocycles. The van der Waals surface area contributed by atoms with Gasteiger partial charge in [0.2, 0.25) is 0 Å². The number of carbonyl (C=O) groups excluding carboxylic acids is 1. The van der Waals surface area contributed by atoms with Crippen LogP contribution in [0.2, 0.25) is 0 Å². The van der Waals surface area contributed by atoms with Gasteiger partial charge in [0.15, 0.2) is 0 Å². The van der Waals surface area contributed by atoms with Crippen LogP contribution in [0, 0.1) is 11.8 Å². The van der Waals surface area contributed by atoms with Gasteiger partial charge < -0.3 is 15.7 Å². The molecule has 1 aromatic rings. The van der Waals surface area contributed by atoms with E-state index in [0.29, 0.717) is 17.4 Å². The summed E-state index contributed by atoms with van der Waals surface area (Å²) in [4.78, 5) is 12.1. The SMILES string of the molecule is C[C@@H]1CCC[C@H](C)C1NC(=O)NC[C@@](C)(O)c1cnn(C)c1. The van der Waals surface area contributed by atoms with Crippen molar-refractivity contribution in [3.05, 3.63) is 18.0 Å². The molecule has 0 aromatic carbocycles. The molecule has 1 aromatic heterocycles. The number of hydrogen-bond donors (Lipinski definition) is 3. The Bertz CT molecular complexity index is 502. The van der Waals surface area contributed by atoms with Crippen LogP contribution in [-0.2, 0) is 12.6 Å². The Kier molecular flexibility index (Phi) is 5.11. The van der Waals surface area contributed by atoms with Crippen molar-refractivity contribution in [3.8, 4) is 0 Å². The van der Waals surface area contributed by atoms with Crippen molar-refractivity contribution in [2.45, 2.75) is 51.7 Å². The normalized spacial score (nSPS) is 28.0. The highest BCUT2D eigenvalue weighted by Crippen LogP contribution is 2.28. The average Bonchev–Trinajstić information content (AvgIpc) is 2.88. The summed E-state index contributed by atoms with van der Waals surface area (Å²) >= 11 is 0. The van der Waals surface area contributed by atoms with Crippen LogP contribution >= 0.6 is 0 Å². The number of carbonyl (C=O) groups is 1. The van der Waals surface area contributed by atoms with E-state index >= 15 is 0 Å². The molecule has 6 heteroatoms. The number of amides is 2. The Morgan fingerprint density at radius 1 is 1.45 bits per heavy atom. The Balaban J connectivity index is 1.87. The Hall–Kier alpha value is -1.56. The molecular formula is C16H28N4O2. The van der Waals surface area contributed by atoms with Gasteiger partial charge in [-0.1, -0.05) is 20.3 Å². The number of hydrogen-bond acceptors (Lipinski definition) is 3. The average molecular weight is 308 g/mol. The van der Waals surface area contributed by atoms with Gasteiger partial charge >= 0.3 is 6.03 Å². The molecule has 0 bridgehead atoms. The molecule has 0 spiro atoms. The van der Waals surface area contributed by atoms with Gasteiger partial charge in [0.05, 0.1) is 12.7 Å². The monoisotopic (exact) mass is 308 g/mol. The molecule has 0 saturated heterocycles. The fourth-order valence-corrected chi connectivity index (χ4v) is 3.22. The molecule has 0 aliphatic heterocycles. The van der Waals surface area contributed by atoms with E-state index in [2.05, 4.69) is 29.6 Å². The van der Waals surface area contributed by atoms with Gasteiger partial charge in [0.1, 0.15) is 5.60 Å². The van der Waals surface area contributed by atoms with Gasteiger partial charge in [-0.3, -0.25) is 4.68 Å². The highest BCUT2D eigenvalue weighted by molar-refractivity contribution is 5.74. The fraction of sp³-hybridized carbons (Fsp3) is 0.750. The Morgan fingerprint density at radius 2 is 2.09 bits per heavy atom. The van der Waals surface area contributed by atoms with Crippen LogP contribution in [0.25, 0.3) is 0 Å². The lowest BCUT2D eigenvalue weighted by molar-refractivity contribution is 0.0588. The molecule has 0 radical (unpaired) electrons. The highest BCUT2D eigenvalue weighted by Gasteiger charge is 2.30. The highest BCUT2D eigenvalue weighted by atomic mass is 16.3. The van der Waals surface area contributed by atoms with Gasteiger partial charge in [0.25, 0.3) is 0 Å². The number of aromatic nitrogens is 2. The lowest BCUT2D eigenvalue weighted by atomic mass is 9.79. The second-order valence-electron chi connectivity index (χ2n) is 6.91. The summed E-state index contributed by atoms with van der Waals surface area (Å²) in [7, 11) is 1.80. The number of nitrogens with one attached hydrogen (secondary N) is 2. The number of nitrogens with zero attached hydrogens (tertiary/aromatic N) is 2. The molecule has 6 nitrogen and oxygen atoms in total. The molecule has 22 heavy (non-hydrogen) atoms. The summed E-state index contributed by atoms with van der Waals surface area (Å²) in [6.07, 6.45) is 6.92. The summed E-state index contributed by atoms with van der Waals surface area (Å²) in [6.45, 7) is 6.20. The first-order chi connectivity index (χ1) is 10.3. The summed E-state index contributed by atoms with van der Waals surface area (Å²) in [5.74, 6) is 0.988.